The second kappa shape index (κ2) is 7.94. The van der Waals surface area contributed by atoms with Crippen LogP contribution < -0.4 is 4.74 Å². The molecule has 2 N–H and O–H groups in total. The smallest absolute Gasteiger partial charge is 0.347 e. The van der Waals surface area contributed by atoms with Crippen LogP contribution in [0.15, 0.2) is 30.5 Å². The zero-order valence-corrected chi connectivity index (χ0v) is 13.5. The summed E-state index contributed by atoms with van der Waals surface area (Å²) in [6.07, 6.45) is 0.305. The molecule has 24 heavy (non-hydrogen) atoms. The fourth-order valence-corrected chi connectivity index (χ4v) is 2.04. The zero-order chi connectivity index (χ0) is 17.7. The molecule has 6 nitrogen and oxygen atoms in total. The van der Waals surface area contributed by atoms with Crippen molar-refractivity contribution in [1.82, 2.24) is 4.98 Å². The molecule has 2 rings (SSSR count). The molecule has 0 amide bonds. The van der Waals surface area contributed by atoms with E-state index in [1.165, 1.54) is 31.3 Å². The van der Waals surface area contributed by atoms with E-state index in [9.17, 15) is 14.3 Å². The Morgan fingerprint density at radius 3 is 2.79 bits per heavy atom. The summed E-state index contributed by atoms with van der Waals surface area (Å²) in [5.74, 6) is -1.57. The summed E-state index contributed by atoms with van der Waals surface area (Å²) in [6.45, 7) is 1.00. The van der Waals surface area contributed by atoms with Crippen LogP contribution in [0.4, 0.5) is 4.39 Å². The van der Waals surface area contributed by atoms with Crippen molar-refractivity contribution >= 4 is 17.6 Å². The van der Waals surface area contributed by atoms with Crippen molar-refractivity contribution in [2.75, 3.05) is 13.2 Å². The largest absolute Gasteiger partial charge is 0.504 e. The second-order valence-electron chi connectivity index (χ2n) is 4.82. The predicted octanol–water partition coefficient (Wildman–Crippen LogP) is 2.55. The van der Waals surface area contributed by atoms with Crippen molar-refractivity contribution in [1.29, 1.82) is 0 Å². The summed E-state index contributed by atoms with van der Waals surface area (Å²) >= 11 is 5.65. The van der Waals surface area contributed by atoms with Crippen LogP contribution in [0.1, 0.15) is 6.92 Å². The Morgan fingerprint density at radius 1 is 1.42 bits per heavy atom. The van der Waals surface area contributed by atoms with Gasteiger partial charge < -0.3 is 19.7 Å². The minimum absolute atomic E-state index is 0.0247. The van der Waals surface area contributed by atoms with E-state index in [2.05, 4.69) is 4.98 Å². The third-order valence-corrected chi connectivity index (χ3v) is 3.22. The van der Waals surface area contributed by atoms with Crippen molar-refractivity contribution in [3.05, 3.63) is 41.3 Å². The number of aromatic hydroxyl groups is 1. The number of phenols is 1. The topological polar surface area (TPSA) is 88.9 Å². The maximum absolute atomic E-state index is 13.9. The van der Waals surface area contributed by atoms with Crippen LogP contribution >= 0.6 is 11.6 Å². The predicted molar refractivity (Wildman–Crippen MR) is 84.4 cm³/mol. The van der Waals surface area contributed by atoms with E-state index >= 15 is 0 Å². The highest BCUT2D eigenvalue weighted by molar-refractivity contribution is 6.30. The second-order valence-corrected chi connectivity index (χ2v) is 5.25. The van der Waals surface area contributed by atoms with Crippen LogP contribution in [0.5, 0.6) is 11.5 Å². The normalized spacial score (nSPS) is 11.8. The fraction of sp³-hybridized carbons (Fsp3) is 0.250. The number of esters is 1. The minimum Gasteiger partial charge on any atom is -0.504 e. The van der Waals surface area contributed by atoms with Gasteiger partial charge in [-0.05, 0) is 31.2 Å². The lowest BCUT2D eigenvalue weighted by molar-refractivity contribution is -0.152. The first kappa shape index (κ1) is 18.0. The van der Waals surface area contributed by atoms with Gasteiger partial charge in [-0.1, -0.05) is 11.6 Å². The van der Waals surface area contributed by atoms with Crippen molar-refractivity contribution in [2.24, 2.45) is 0 Å². The Kier molecular flexibility index (Phi) is 5.94. The summed E-state index contributed by atoms with van der Waals surface area (Å²) in [5.41, 5.74) is 0.348. The highest BCUT2D eigenvalue weighted by Crippen LogP contribution is 2.33. The number of carbonyl (C=O) groups is 1. The summed E-state index contributed by atoms with van der Waals surface area (Å²) in [6, 6.07) is 5.25. The number of aliphatic hydroxyl groups is 1. The third kappa shape index (κ3) is 4.33. The molecule has 0 bridgehead atoms. The van der Waals surface area contributed by atoms with Crippen molar-refractivity contribution in [3.63, 3.8) is 0 Å². The number of rotatable bonds is 6. The number of aliphatic hydroxyl groups excluding tert-OH is 1. The third-order valence-electron chi connectivity index (χ3n) is 3.01. The summed E-state index contributed by atoms with van der Waals surface area (Å²) in [7, 11) is 0. The average molecular weight is 356 g/mol. The first-order valence-electron chi connectivity index (χ1n) is 7.01. The molecule has 1 unspecified atom stereocenters. The van der Waals surface area contributed by atoms with Crippen LogP contribution in [0.3, 0.4) is 0 Å². The molecule has 0 saturated heterocycles. The van der Waals surface area contributed by atoms with Crippen LogP contribution in [-0.2, 0) is 9.53 Å². The molecule has 0 aliphatic rings. The quantitative estimate of drug-likeness (QED) is 0.774. The number of carbonyl (C=O) groups excluding carboxylic acids is 1. The number of nitrogens with zero attached hydrogens (tertiary/aromatic N) is 1. The Hall–Kier alpha value is -2.38. The lowest BCUT2D eigenvalue weighted by Gasteiger charge is -2.15. The highest BCUT2D eigenvalue weighted by atomic mass is 35.5. The Morgan fingerprint density at radius 2 is 2.17 bits per heavy atom. The number of phenolic OH excluding ortho intramolecular Hbond substituents is 1. The first-order chi connectivity index (χ1) is 11.4. The number of pyridine rings is 1. The van der Waals surface area contributed by atoms with Crippen LogP contribution in [0, 0.1) is 5.82 Å². The summed E-state index contributed by atoms with van der Waals surface area (Å²) in [4.78, 5) is 15.5. The van der Waals surface area contributed by atoms with E-state index < -0.39 is 17.9 Å². The SMILES string of the molecule is CC(Oc1ccc(-c2ncc(Cl)cc2F)cc1O)C(=O)OCCO. The summed E-state index contributed by atoms with van der Waals surface area (Å²) in [5, 5.41) is 18.8. The van der Waals surface area contributed by atoms with Gasteiger partial charge in [0.15, 0.2) is 23.4 Å². The average Bonchev–Trinajstić information content (AvgIpc) is 2.54. The molecule has 0 radical (unpaired) electrons. The lowest BCUT2D eigenvalue weighted by Crippen LogP contribution is -2.27. The Balaban J connectivity index is 2.16. The van der Waals surface area contributed by atoms with Gasteiger partial charge in [-0.25, -0.2) is 9.18 Å². The molecule has 0 fully saturated rings. The van der Waals surface area contributed by atoms with Crippen molar-refractivity contribution < 1.29 is 28.9 Å². The van der Waals surface area contributed by atoms with Gasteiger partial charge in [0.05, 0.1) is 11.6 Å². The molecule has 0 spiro atoms. The van der Waals surface area contributed by atoms with E-state index in [-0.39, 0.29) is 35.4 Å². The van der Waals surface area contributed by atoms with Gasteiger partial charge in [-0.2, -0.15) is 0 Å². The number of hydrogen-bond acceptors (Lipinski definition) is 6. The maximum Gasteiger partial charge on any atom is 0.347 e. The molecule has 1 heterocycles. The molecule has 1 aromatic carbocycles. The summed E-state index contributed by atoms with van der Waals surface area (Å²) < 4.78 is 23.9. The number of hydrogen-bond donors (Lipinski definition) is 2. The fourth-order valence-electron chi connectivity index (χ4n) is 1.89. The van der Waals surface area contributed by atoms with E-state index in [4.69, 9.17) is 26.2 Å². The molecule has 0 aliphatic heterocycles. The highest BCUT2D eigenvalue weighted by Gasteiger charge is 2.18. The molecular weight excluding hydrogens is 341 g/mol. The maximum atomic E-state index is 13.9. The number of aromatic nitrogens is 1. The van der Waals surface area contributed by atoms with Gasteiger partial charge in [0.2, 0.25) is 0 Å². The van der Waals surface area contributed by atoms with Crippen LogP contribution in [-0.4, -0.2) is 40.5 Å². The molecule has 1 aromatic heterocycles. The van der Waals surface area contributed by atoms with Gasteiger partial charge in [0.25, 0.3) is 0 Å². The molecule has 0 saturated carbocycles. The van der Waals surface area contributed by atoms with Gasteiger partial charge in [0.1, 0.15) is 12.3 Å². The monoisotopic (exact) mass is 355 g/mol. The van der Waals surface area contributed by atoms with Crippen molar-refractivity contribution in [3.8, 4) is 22.8 Å². The first-order valence-corrected chi connectivity index (χ1v) is 7.38. The molecule has 1 atom stereocenters. The molecule has 2 aromatic rings. The minimum atomic E-state index is -0.987. The number of ether oxygens (including phenoxy) is 2. The van der Waals surface area contributed by atoms with Gasteiger partial charge >= 0.3 is 5.97 Å². The van der Waals surface area contributed by atoms with Gasteiger partial charge in [-0.15, -0.1) is 0 Å². The number of benzene rings is 1. The van der Waals surface area contributed by atoms with E-state index in [0.29, 0.717) is 5.56 Å². The van der Waals surface area contributed by atoms with E-state index in [1.54, 1.807) is 0 Å². The molecule has 0 aliphatic carbocycles. The van der Waals surface area contributed by atoms with Gasteiger partial charge in [0, 0.05) is 11.8 Å². The molecule has 128 valence electrons. The van der Waals surface area contributed by atoms with Crippen molar-refractivity contribution in [2.45, 2.75) is 13.0 Å². The number of halogens is 2. The Labute approximate surface area is 142 Å². The molecular formula is C16H15ClFNO5. The standard InChI is InChI=1S/C16H15ClFNO5/c1-9(16(22)23-5-4-20)24-14-3-2-10(6-13(14)21)15-12(18)7-11(17)8-19-15/h2-3,6-9,20-21H,4-5H2,1H3. The lowest BCUT2D eigenvalue weighted by atomic mass is 10.1. The van der Waals surface area contributed by atoms with Crippen LogP contribution in [0.25, 0.3) is 11.3 Å². The molecule has 8 heteroatoms. The van der Waals surface area contributed by atoms with Gasteiger partial charge in [-0.3, -0.25) is 4.98 Å². The van der Waals surface area contributed by atoms with Crippen LogP contribution in [0.2, 0.25) is 5.02 Å². The van der Waals surface area contributed by atoms with E-state index in [1.807, 2.05) is 0 Å². The van der Waals surface area contributed by atoms with E-state index in [0.717, 1.165) is 6.07 Å². The zero-order valence-electron chi connectivity index (χ0n) is 12.7. The Bertz CT molecular complexity index is 740.